The summed E-state index contributed by atoms with van der Waals surface area (Å²) in [6, 6.07) is 5.89. The van der Waals surface area contributed by atoms with Gasteiger partial charge in [-0.2, -0.15) is 14.4 Å². The second kappa shape index (κ2) is 6.88. The Morgan fingerprint density at radius 1 is 1.32 bits per heavy atom. The van der Waals surface area contributed by atoms with Crippen molar-refractivity contribution in [3.05, 3.63) is 53.9 Å². The molecule has 6 nitrogen and oxygen atoms in total. The van der Waals surface area contributed by atoms with Crippen LogP contribution in [0.4, 0.5) is 10.2 Å². The summed E-state index contributed by atoms with van der Waals surface area (Å²) in [5.74, 6) is 1.57. The minimum atomic E-state index is -0.853. The Hall–Kier alpha value is -2.96. The molecule has 0 fully saturated rings. The van der Waals surface area contributed by atoms with Crippen molar-refractivity contribution in [3.8, 4) is 5.75 Å². The van der Waals surface area contributed by atoms with Crippen LogP contribution in [-0.4, -0.2) is 26.6 Å². The maximum Gasteiger partial charge on any atom is 0.312 e. The number of aromatic nitrogens is 4. The lowest BCUT2D eigenvalue weighted by Gasteiger charge is -2.10. The van der Waals surface area contributed by atoms with E-state index in [1.807, 2.05) is 29.7 Å². The van der Waals surface area contributed by atoms with E-state index >= 15 is 0 Å². The Morgan fingerprint density at radius 3 is 2.84 bits per heavy atom. The van der Waals surface area contributed by atoms with Gasteiger partial charge in [0.2, 0.25) is 0 Å². The van der Waals surface area contributed by atoms with E-state index in [2.05, 4.69) is 21.5 Å². The monoisotopic (exact) mass is 341 g/mol. The van der Waals surface area contributed by atoms with Crippen LogP contribution >= 0.6 is 0 Å². The second-order valence-corrected chi connectivity index (χ2v) is 5.78. The predicted molar refractivity (Wildman–Crippen MR) is 95.0 cm³/mol. The Labute approximate surface area is 145 Å². The van der Waals surface area contributed by atoms with Gasteiger partial charge in [-0.1, -0.05) is 12.1 Å². The number of nitrogens with two attached hydrogens (primary N) is 1. The van der Waals surface area contributed by atoms with Crippen LogP contribution < -0.4 is 10.5 Å². The van der Waals surface area contributed by atoms with Gasteiger partial charge in [0.15, 0.2) is 17.0 Å². The summed E-state index contributed by atoms with van der Waals surface area (Å²) in [4.78, 5) is 12.0. The fraction of sp³-hybridized carbons (Fsp3) is 0.278. The number of rotatable bonds is 6. The zero-order chi connectivity index (χ0) is 18.0. The van der Waals surface area contributed by atoms with Gasteiger partial charge < -0.3 is 15.0 Å². The van der Waals surface area contributed by atoms with Crippen molar-refractivity contribution in [2.75, 3.05) is 12.8 Å². The fourth-order valence-electron chi connectivity index (χ4n) is 2.77. The number of anilines is 1. The normalized spacial score (nSPS) is 11.0. The van der Waals surface area contributed by atoms with E-state index in [4.69, 9.17) is 10.5 Å². The lowest BCUT2D eigenvalue weighted by Crippen LogP contribution is -2.07. The van der Waals surface area contributed by atoms with E-state index in [9.17, 15) is 4.39 Å². The van der Waals surface area contributed by atoms with Gasteiger partial charge in [0.05, 0.1) is 7.11 Å². The van der Waals surface area contributed by atoms with Crippen molar-refractivity contribution in [1.29, 1.82) is 0 Å². The van der Waals surface area contributed by atoms with Crippen LogP contribution in [-0.2, 0) is 13.0 Å². The van der Waals surface area contributed by atoms with Crippen LogP contribution in [0.2, 0.25) is 0 Å². The Kier molecular flexibility index (Phi) is 4.65. The van der Waals surface area contributed by atoms with Gasteiger partial charge in [-0.25, -0.2) is 4.98 Å². The number of aryl methyl sites for hydroxylation is 2. The molecule has 3 rings (SSSR count). The average Bonchev–Trinajstić information content (AvgIpc) is 2.92. The predicted octanol–water partition coefficient (Wildman–Crippen LogP) is 3.03. The lowest BCUT2D eigenvalue weighted by molar-refractivity contribution is 0.414. The van der Waals surface area contributed by atoms with Crippen molar-refractivity contribution < 1.29 is 9.13 Å². The molecule has 2 N–H and O–H groups in total. The molecule has 3 aromatic rings. The van der Waals surface area contributed by atoms with Crippen LogP contribution in [0.5, 0.6) is 5.75 Å². The zero-order valence-corrected chi connectivity index (χ0v) is 14.3. The molecule has 1 aromatic carbocycles. The Morgan fingerprint density at radius 2 is 2.12 bits per heavy atom. The van der Waals surface area contributed by atoms with Gasteiger partial charge in [-0.05, 0) is 36.6 Å². The molecule has 0 aliphatic carbocycles. The molecule has 0 aliphatic rings. The molecular formula is C18H20FN5O. The molecule has 0 amide bonds. The average molecular weight is 341 g/mol. The van der Waals surface area contributed by atoms with E-state index in [-0.39, 0.29) is 5.82 Å². The van der Waals surface area contributed by atoms with Crippen LogP contribution in [0.25, 0.3) is 11.2 Å². The van der Waals surface area contributed by atoms with Crippen LogP contribution in [0, 0.1) is 13.0 Å². The van der Waals surface area contributed by atoms with Crippen LogP contribution in [0.15, 0.2) is 30.9 Å². The highest BCUT2D eigenvalue weighted by Gasteiger charge is 2.17. The second-order valence-electron chi connectivity index (χ2n) is 5.78. The molecule has 2 heterocycles. The number of ether oxygens (including phenoxy) is 1. The summed E-state index contributed by atoms with van der Waals surface area (Å²) in [6.07, 6.45) is 2.21. The largest absolute Gasteiger partial charge is 0.497 e. The molecule has 0 saturated carbocycles. The number of allylic oxidation sites excluding steroid dienone is 1. The summed E-state index contributed by atoms with van der Waals surface area (Å²) in [5, 5.41) is 0. The highest BCUT2D eigenvalue weighted by Crippen LogP contribution is 2.24. The van der Waals surface area contributed by atoms with Crippen molar-refractivity contribution in [2.45, 2.75) is 26.3 Å². The maximum absolute atomic E-state index is 13.6. The van der Waals surface area contributed by atoms with Gasteiger partial charge in [0.1, 0.15) is 11.6 Å². The highest BCUT2D eigenvalue weighted by molar-refractivity contribution is 5.82. The molecule has 0 aliphatic heterocycles. The minimum Gasteiger partial charge on any atom is -0.497 e. The summed E-state index contributed by atoms with van der Waals surface area (Å²) in [5.41, 5.74) is 8.84. The lowest BCUT2D eigenvalue weighted by atomic mass is 10.0. The van der Waals surface area contributed by atoms with Gasteiger partial charge >= 0.3 is 6.08 Å². The molecule has 25 heavy (non-hydrogen) atoms. The number of imidazole rings is 1. The standard InChI is InChI=1S/C18H20FN5O/c1-4-5-8-24-14(10-12-9-13(25-3)7-6-11(12)2)21-15-16(20)22-18(19)23-17(15)24/h4,6-7,9H,1,5,8,10H2,2-3H3,(H2,20,22,23). The fourth-order valence-corrected chi connectivity index (χ4v) is 2.77. The highest BCUT2D eigenvalue weighted by atomic mass is 19.1. The first-order valence-electron chi connectivity index (χ1n) is 7.96. The number of benzene rings is 1. The summed E-state index contributed by atoms with van der Waals surface area (Å²) in [7, 11) is 1.63. The number of fused-ring (bicyclic) bond motifs is 1. The summed E-state index contributed by atoms with van der Waals surface area (Å²) in [6.45, 7) is 6.36. The first kappa shape index (κ1) is 16.9. The third-order valence-electron chi connectivity index (χ3n) is 4.14. The number of hydrogen-bond donors (Lipinski definition) is 1. The van der Waals surface area contributed by atoms with E-state index in [0.717, 1.165) is 22.7 Å². The van der Waals surface area contributed by atoms with Crippen molar-refractivity contribution in [1.82, 2.24) is 19.5 Å². The zero-order valence-electron chi connectivity index (χ0n) is 14.3. The third kappa shape index (κ3) is 3.31. The smallest absolute Gasteiger partial charge is 0.312 e. The maximum atomic E-state index is 13.6. The number of nitrogen functional groups attached to an aromatic ring is 1. The van der Waals surface area contributed by atoms with Crippen molar-refractivity contribution >= 4 is 17.0 Å². The Bertz CT molecular complexity index is 935. The quantitative estimate of drug-likeness (QED) is 0.551. The molecule has 130 valence electrons. The minimum absolute atomic E-state index is 0.0449. The van der Waals surface area contributed by atoms with Gasteiger partial charge in [-0.15, -0.1) is 6.58 Å². The molecule has 0 unspecified atom stereocenters. The van der Waals surface area contributed by atoms with E-state index in [1.54, 1.807) is 13.2 Å². The van der Waals surface area contributed by atoms with Gasteiger partial charge in [0.25, 0.3) is 0 Å². The summed E-state index contributed by atoms with van der Waals surface area (Å²) < 4.78 is 20.8. The first-order chi connectivity index (χ1) is 12.0. The van der Waals surface area contributed by atoms with Gasteiger partial charge in [0, 0.05) is 13.0 Å². The molecule has 0 spiro atoms. The molecule has 0 atom stereocenters. The van der Waals surface area contributed by atoms with E-state index in [1.165, 1.54) is 0 Å². The van der Waals surface area contributed by atoms with Crippen molar-refractivity contribution in [3.63, 3.8) is 0 Å². The number of nitrogens with zero attached hydrogens (tertiary/aromatic N) is 4. The molecular weight excluding hydrogens is 321 g/mol. The SMILES string of the molecule is C=CCCn1c(Cc2cc(OC)ccc2C)nc2c(N)nc(F)nc21. The van der Waals surface area contributed by atoms with Crippen LogP contribution in [0.3, 0.4) is 0 Å². The summed E-state index contributed by atoms with van der Waals surface area (Å²) >= 11 is 0. The molecule has 7 heteroatoms. The van der Waals surface area contributed by atoms with Crippen LogP contribution in [0.1, 0.15) is 23.4 Å². The molecule has 2 aromatic heterocycles. The topological polar surface area (TPSA) is 78.9 Å². The number of hydrogen-bond acceptors (Lipinski definition) is 5. The first-order valence-corrected chi connectivity index (χ1v) is 7.96. The van der Waals surface area contributed by atoms with E-state index < -0.39 is 6.08 Å². The number of methoxy groups -OCH3 is 1. The molecule has 0 bridgehead atoms. The molecule has 0 radical (unpaired) electrons. The molecule has 0 saturated heterocycles. The Balaban J connectivity index is 2.11. The number of halogens is 1. The van der Waals surface area contributed by atoms with Crippen molar-refractivity contribution in [2.24, 2.45) is 0 Å². The van der Waals surface area contributed by atoms with Gasteiger partial charge in [-0.3, -0.25) is 0 Å². The third-order valence-corrected chi connectivity index (χ3v) is 4.14. The van der Waals surface area contributed by atoms with E-state index in [0.29, 0.717) is 30.6 Å².